The summed E-state index contributed by atoms with van der Waals surface area (Å²) < 4.78 is 10.5. The van der Waals surface area contributed by atoms with E-state index in [1.165, 1.54) is 5.56 Å². The van der Waals surface area contributed by atoms with Crippen LogP contribution in [-0.2, 0) is 7.05 Å². The SMILES string of the molecule is CC.Cc1cccc(OC(CC2(Cl)CC2)n2ncn(C)c2=S)c1C. The van der Waals surface area contributed by atoms with Crippen LogP contribution in [0.25, 0.3) is 0 Å². The van der Waals surface area contributed by atoms with E-state index in [9.17, 15) is 0 Å². The number of hydrogen-bond donors (Lipinski definition) is 0. The fourth-order valence-corrected chi connectivity index (χ4v) is 2.86. The lowest BCUT2D eigenvalue weighted by molar-refractivity contribution is 0.102. The van der Waals surface area contributed by atoms with Gasteiger partial charge in [0.25, 0.3) is 0 Å². The van der Waals surface area contributed by atoms with Crippen LogP contribution >= 0.6 is 23.8 Å². The summed E-state index contributed by atoms with van der Waals surface area (Å²) >= 11 is 12.0. The molecule has 1 aromatic carbocycles. The molecule has 3 rings (SSSR count). The first kappa shape index (κ1) is 19.0. The zero-order valence-electron chi connectivity index (χ0n) is 15.0. The number of nitrogens with zero attached hydrogens (tertiary/aromatic N) is 3. The number of rotatable bonds is 5. The molecule has 1 unspecified atom stereocenters. The first-order valence-electron chi connectivity index (χ1n) is 8.41. The van der Waals surface area contributed by atoms with Crippen molar-refractivity contribution in [3.8, 4) is 5.75 Å². The molecule has 24 heavy (non-hydrogen) atoms. The van der Waals surface area contributed by atoms with Gasteiger partial charge in [0.05, 0.1) is 4.87 Å². The number of ether oxygens (including phenoxy) is 1. The maximum Gasteiger partial charge on any atom is 0.200 e. The Balaban J connectivity index is 0.00000100. The highest BCUT2D eigenvalue weighted by Gasteiger charge is 2.44. The van der Waals surface area contributed by atoms with Crippen molar-refractivity contribution in [2.45, 2.75) is 58.1 Å². The molecule has 0 spiro atoms. The van der Waals surface area contributed by atoms with Gasteiger partial charge in [-0.2, -0.15) is 9.78 Å². The molecule has 1 atom stereocenters. The van der Waals surface area contributed by atoms with Gasteiger partial charge in [-0.15, -0.1) is 11.6 Å². The minimum absolute atomic E-state index is 0.172. The van der Waals surface area contributed by atoms with Crippen LogP contribution in [0.5, 0.6) is 5.75 Å². The topological polar surface area (TPSA) is 32.0 Å². The van der Waals surface area contributed by atoms with Gasteiger partial charge in [0.1, 0.15) is 12.1 Å². The third-order valence-electron chi connectivity index (χ3n) is 4.27. The van der Waals surface area contributed by atoms with Crippen molar-refractivity contribution in [2.75, 3.05) is 0 Å². The van der Waals surface area contributed by atoms with E-state index in [2.05, 4.69) is 25.0 Å². The lowest BCUT2D eigenvalue weighted by Crippen LogP contribution is -2.22. The van der Waals surface area contributed by atoms with E-state index in [0.717, 1.165) is 24.2 Å². The molecule has 6 heteroatoms. The first-order chi connectivity index (χ1) is 11.4. The van der Waals surface area contributed by atoms with Gasteiger partial charge in [-0.05, 0) is 56.1 Å². The van der Waals surface area contributed by atoms with Gasteiger partial charge in [-0.25, -0.2) is 0 Å². The fourth-order valence-electron chi connectivity index (χ4n) is 2.42. The van der Waals surface area contributed by atoms with Crippen LogP contribution in [-0.4, -0.2) is 19.2 Å². The molecule has 0 saturated heterocycles. The second kappa shape index (κ2) is 7.70. The van der Waals surface area contributed by atoms with Gasteiger partial charge in [0.15, 0.2) is 6.23 Å². The standard InChI is InChI=1S/C16H20ClN3OS.C2H6/c1-11-5-4-6-13(12(11)2)21-14(9-16(17)7-8-16)20-15(22)19(3)10-18-20;1-2/h4-6,10,14H,7-9H2,1-3H3;1-2H3. The Kier molecular flexibility index (Phi) is 6.10. The summed E-state index contributed by atoms with van der Waals surface area (Å²) in [5.41, 5.74) is 2.34. The largest absolute Gasteiger partial charge is 0.468 e. The maximum absolute atomic E-state index is 6.52. The summed E-state index contributed by atoms with van der Waals surface area (Å²) in [5.74, 6) is 0.860. The number of hydrogen-bond acceptors (Lipinski definition) is 3. The smallest absolute Gasteiger partial charge is 0.200 e. The molecule has 1 heterocycles. The van der Waals surface area contributed by atoms with Crippen LogP contribution in [0.1, 0.15) is 50.5 Å². The maximum atomic E-state index is 6.52. The van der Waals surface area contributed by atoms with Crippen LogP contribution in [0.4, 0.5) is 0 Å². The second-order valence-electron chi connectivity index (χ2n) is 6.09. The Morgan fingerprint density at radius 2 is 2.00 bits per heavy atom. The predicted molar refractivity (Wildman–Crippen MR) is 101 cm³/mol. The molecule has 1 saturated carbocycles. The summed E-state index contributed by atoms with van der Waals surface area (Å²) in [4.78, 5) is -0.172. The van der Waals surface area contributed by atoms with E-state index in [1.807, 2.05) is 37.6 Å². The van der Waals surface area contributed by atoms with E-state index < -0.39 is 0 Å². The van der Waals surface area contributed by atoms with Crippen molar-refractivity contribution in [3.63, 3.8) is 0 Å². The summed E-state index contributed by atoms with van der Waals surface area (Å²) in [5, 5.41) is 4.37. The number of alkyl halides is 1. The van der Waals surface area contributed by atoms with Gasteiger partial charge in [0.2, 0.25) is 4.77 Å². The zero-order valence-corrected chi connectivity index (χ0v) is 16.6. The third-order valence-corrected chi connectivity index (χ3v) is 5.28. The van der Waals surface area contributed by atoms with Gasteiger partial charge in [0, 0.05) is 13.5 Å². The Labute approximate surface area is 154 Å². The first-order valence-corrected chi connectivity index (χ1v) is 9.20. The number of halogens is 1. The lowest BCUT2D eigenvalue weighted by atomic mass is 10.1. The van der Waals surface area contributed by atoms with Crippen molar-refractivity contribution >= 4 is 23.8 Å². The van der Waals surface area contributed by atoms with Crippen LogP contribution in [0.3, 0.4) is 0 Å². The van der Waals surface area contributed by atoms with Crippen molar-refractivity contribution in [2.24, 2.45) is 7.05 Å². The molecular formula is C18H26ClN3OS. The Morgan fingerprint density at radius 1 is 1.33 bits per heavy atom. The quantitative estimate of drug-likeness (QED) is 0.528. The minimum Gasteiger partial charge on any atom is -0.468 e. The summed E-state index contributed by atoms with van der Waals surface area (Å²) in [7, 11) is 1.88. The highest BCUT2D eigenvalue weighted by molar-refractivity contribution is 7.71. The van der Waals surface area contributed by atoms with Gasteiger partial charge >= 0.3 is 0 Å². The van der Waals surface area contributed by atoms with Crippen molar-refractivity contribution < 1.29 is 4.74 Å². The highest BCUT2D eigenvalue weighted by atomic mass is 35.5. The lowest BCUT2D eigenvalue weighted by Gasteiger charge is -2.23. The van der Waals surface area contributed by atoms with Crippen molar-refractivity contribution in [1.82, 2.24) is 14.3 Å². The van der Waals surface area contributed by atoms with Crippen LogP contribution < -0.4 is 4.74 Å². The highest BCUT2D eigenvalue weighted by Crippen LogP contribution is 2.48. The molecule has 0 amide bonds. The van der Waals surface area contributed by atoms with Gasteiger partial charge in [-0.3, -0.25) is 0 Å². The Morgan fingerprint density at radius 3 is 2.54 bits per heavy atom. The molecule has 1 fully saturated rings. The number of aryl methyl sites for hydroxylation is 2. The van der Waals surface area contributed by atoms with E-state index >= 15 is 0 Å². The van der Waals surface area contributed by atoms with Crippen LogP contribution in [0.15, 0.2) is 24.5 Å². The van der Waals surface area contributed by atoms with Crippen molar-refractivity contribution in [1.29, 1.82) is 0 Å². The molecule has 0 bridgehead atoms. The molecule has 1 aromatic heterocycles. The monoisotopic (exact) mass is 367 g/mol. The van der Waals surface area contributed by atoms with Gasteiger partial charge in [-0.1, -0.05) is 26.0 Å². The normalized spacial score (nSPS) is 16.1. The Hall–Kier alpha value is -1.33. The summed E-state index contributed by atoms with van der Waals surface area (Å²) in [6, 6.07) is 6.06. The van der Waals surface area contributed by atoms with Crippen LogP contribution in [0.2, 0.25) is 0 Å². The second-order valence-corrected chi connectivity index (χ2v) is 7.26. The van der Waals surface area contributed by atoms with E-state index in [4.69, 9.17) is 28.6 Å². The van der Waals surface area contributed by atoms with Crippen LogP contribution in [0, 0.1) is 18.6 Å². The molecule has 1 aliphatic rings. The molecule has 4 nitrogen and oxygen atoms in total. The van der Waals surface area contributed by atoms with E-state index in [1.54, 1.807) is 11.0 Å². The molecule has 2 aromatic rings. The summed E-state index contributed by atoms with van der Waals surface area (Å²) in [6.45, 7) is 8.14. The average Bonchev–Trinajstić information content (AvgIpc) is 3.20. The van der Waals surface area contributed by atoms with E-state index in [0.29, 0.717) is 11.2 Å². The molecule has 0 N–H and O–H groups in total. The molecular weight excluding hydrogens is 342 g/mol. The number of benzene rings is 1. The van der Waals surface area contributed by atoms with E-state index in [-0.39, 0.29) is 11.1 Å². The third kappa shape index (κ3) is 4.19. The zero-order chi connectivity index (χ0) is 17.9. The molecule has 132 valence electrons. The number of aromatic nitrogens is 3. The predicted octanol–water partition coefficient (Wildman–Crippen LogP) is 5.33. The van der Waals surface area contributed by atoms with Gasteiger partial charge < -0.3 is 9.30 Å². The van der Waals surface area contributed by atoms with Crippen molar-refractivity contribution in [3.05, 3.63) is 40.4 Å². The molecule has 0 aliphatic heterocycles. The fraction of sp³-hybridized carbons (Fsp3) is 0.556. The molecule has 1 aliphatic carbocycles. The Bertz CT molecular complexity index is 749. The average molecular weight is 368 g/mol. The minimum atomic E-state index is -0.283. The molecule has 0 radical (unpaired) electrons. The summed E-state index contributed by atoms with van der Waals surface area (Å²) in [6.07, 6.45) is 4.15.